The van der Waals surface area contributed by atoms with E-state index in [9.17, 15) is 4.79 Å². The molecule has 2 heterocycles. The highest BCUT2D eigenvalue weighted by Crippen LogP contribution is 2.39. The highest BCUT2D eigenvalue weighted by molar-refractivity contribution is 6.31. The molecule has 5 rings (SSSR count). The molecule has 3 aromatic carbocycles. The van der Waals surface area contributed by atoms with Gasteiger partial charge in [0.25, 0.3) is 0 Å². The number of likely N-dealkylation sites (N-methyl/N-ethyl adjacent to an activating group) is 1. The third-order valence-electron chi connectivity index (χ3n) is 6.16. The topological polar surface area (TPSA) is 57.2 Å². The van der Waals surface area contributed by atoms with E-state index in [-0.39, 0.29) is 5.91 Å². The summed E-state index contributed by atoms with van der Waals surface area (Å²) in [7, 11) is 6.14. The van der Waals surface area contributed by atoms with Crippen molar-refractivity contribution in [3.63, 3.8) is 0 Å². The third-order valence-corrected chi connectivity index (χ3v) is 6.39. The van der Waals surface area contributed by atoms with Gasteiger partial charge in [-0.3, -0.25) is 9.79 Å². The molecule has 7 heteroatoms. The maximum absolute atomic E-state index is 13.2. The van der Waals surface area contributed by atoms with Crippen LogP contribution in [-0.4, -0.2) is 50.8 Å². The number of anilines is 2. The van der Waals surface area contributed by atoms with E-state index in [1.807, 2.05) is 56.6 Å². The Morgan fingerprint density at radius 3 is 2.71 bits per heavy atom. The van der Waals surface area contributed by atoms with Gasteiger partial charge in [0.2, 0.25) is 5.91 Å². The number of aliphatic imine (C=N–C) groups is 1. The van der Waals surface area contributed by atoms with Crippen molar-refractivity contribution in [3.05, 3.63) is 82.4 Å². The van der Waals surface area contributed by atoms with Crippen LogP contribution in [0.25, 0.3) is 0 Å². The van der Waals surface area contributed by atoms with E-state index < -0.39 is 5.92 Å². The Labute approximate surface area is 204 Å². The lowest BCUT2D eigenvalue weighted by Gasteiger charge is -2.28. The minimum atomic E-state index is -0.548. The molecule has 0 fully saturated rings. The van der Waals surface area contributed by atoms with Gasteiger partial charge in [-0.2, -0.15) is 0 Å². The number of hydrogen-bond donors (Lipinski definition) is 1. The van der Waals surface area contributed by atoms with Crippen molar-refractivity contribution in [3.8, 4) is 5.75 Å². The van der Waals surface area contributed by atoms with Gasteiger partial charge in [-0.1, -0.05) is 35.9 Å². The quantitative estimate of drug-likeness (QED) is 0.523. The highest BCUT2D eigenvalue weighted by atomic mass is 35.5. The zero-order valence-corrected chi connectivity index (χ0v) is 20.3. The van der Waals surface area contributed by atoms with E-state index in [0.717, 1.165) is 47.0 Å². The first-order valence-corrected chi connectivity index (χ1v) is 11.7. The summed E-state index contributed by atoms with van der Waals surface area (Å²) in [5, 5.41) is 3.56. The molecule has 0 radical (unpaired) electrons. The second-order valence-electron chi connectivity index (χ2n) is 9.01. The number of halogens is 1. The zero-order valence-electron chi connectivity index (χ0n) is 19.5. The highest BCUT2D eigenvalue weighted by Gasteiger charge is 2.36. The lowest BCUT2D eigenvalue weighted by Crippen LogP contribution is -2.29. The number of amides is 1. The second kappa shape index (κ2) is 9.12. The van der Waals surface area contributed by atoms with Crippen LogP contribution in [-0.2, 0) is 11.3 Å². The van der Waals surface area contributed by atoms with Crippen LogP contribution in [0.5, 0.6) is 5.75 Å². The van der Waals surface area contributed by atoms with Crippen LogP contribution in [0.4, 0.5) is 17.1 Å². The monoisotopic (exact) mass is 474 g/mol. The first-order valence-electron chi connectivity index (χ1n) is 11.3. The number of fused-ring (bicyclic) bond motifs is 2. The number of benzene rings is 3. The van der Waals surface area contributed by atoms with E-state index in [2.05, 4.69) is 34.3 Å². The minimum absolute atomic E-state index is 0.115. The van der Waals surface area contributed by atoms with Crippen molar-refractivity contribution in [1.29, 1.82) is 0 Å². The van der Waals surface area contributed by atoms with Gasteiger partial charge in [-0.05, 0) is 61.6 Å². The van der Waals surface area contributed by atoms with Gasteiger partial charge in [-0.25, -0.2) is 0 Å². The molecule has 0 aliphatic carbocycles. The van der Waals surface area contributed by atoms with Gasteiger partial charge < -0.3 is 19.9 Å². The van der Waals surface area contributed by atoms with E-state index in [1.54, 1.807) is 6.07 Å². The zero-order chi connectivity index (χ0) is 23.8. The van der Waals surface area contributed by atoms with Crippen molar-refractivity contribution in [2.24, 2.45) is 4.99 Å². The summed E-state index contributed by atoms with van der Waals surface area (Å²) >= 11 is 6.18. The van der Waals surface area contributed by atoms with Gasteiger partial charge in [0.05, 0.1) is 23.6 Å². The number of nitrogens with zero attached hydrogens (tertiary/aromatic N) is 3. The smallest absolute Gasteiger partial charge is 0.238 e. The summed E-state index contributed by atoms with van der Waals surface area (Å²) in [6, 6.07) is 19.7. The molecule has 0 saturated carbocycles. The summed E-state index contributed by atoms with van der Waals surface area (Å²) in [5.41, 5.74) is 6.16. The maximum Gasteiger partial charge on any atom is 0.238 e. The summed E-state index contributed by atoms with van der Waals surface area (Å²) in [4.78, 5) is 22.5. The maximum atomic E-state index is 13.2. The Morgan fingerprint density at radius 2 is 1.94 bits per heavy atom. The molecule has 1 unspecified atom stereocenters. The van der Waals surface area contributed by atoms with Gasteiger partial charge in [0, 0.05) is 29.9 Å². The fourth-order valence-electron chi connectivity index (χ4n) is 4.50. The molecular weight excluding hydrogens is 448 g/mol. The van der Waals surface area contributed by atoms with E-state index >= 15 is 0 Å². The molecule has 34 heavy (non-hydrogen) atoms. The van der Waals surface area contributed by atoms with Crippen LogP contribution in [0.1, 0.15) is 22.6 Å². The molecule has 0 aromatic heterocycles. The van der Waals surface area contributed by atoms with Crippen LogP contribution in [0, 0.1) is 0 Å². The molecule has 1 amide bonds. The van der Waals surface area contributed by atoms with Gasteiger partial charge >= 0.3 is 0 Å². The number of hydrogen-bond acceptors (Lipinski definition) is 5. The predicted molar refractivity (Wildman–Crippen MR) is 138 cm³/mol. The van der Waals surface area contributed by atoms with Gasteiger partial charge in [0.15, 0.2) is 0 Å². The fraction of sp³-hybridized carbons (Fsp3) is 0.259. The Balaban J connectivity index is 1.61. The second-order valence-corrected chi connectivity index (χ2v) is 9.44. The molecule has 2 aliphatic rings. The normalized spacial score (nSPS) is 17.3. The van der Waals surface area contributed by atoms with Gasteiger partial charge in [-0.15, -0.1) is 0 Å². The van der Waals surface area contributed by atoms with Crippen molar-refractivity contribution in [2.45, 2.75) is 12.5 Å². The Kier molecular flexibility index (Phi) is 6.02. The van der Waals surface area contributed by atoms with Gasteiger partial charge in [0.1, 0.15) is 18.3 Å². The molecule has 3 aromatic rings. The predicted octanol–water partition coefficient (Wildman–Crippen LogP) is 5.09. The molecule has 6 nitrogen and oxygen atoms in total. The first-order chi connectivity index (χ1) is 16.4. The van der Waals surface area contributed by atoms with E-state index in [4.69, 9.17) is 21.3 Å². The standard InChI is InChI=1S/C27H27ClN4O2/c1-31(2)16-17-4-8-20(9-5-17)29-26(18-6-11-23-24(14-18)34-13-12-32(23)3)25-21-10-7-19(28)15-22(21)30-27(25)33/h4-11,14-15,25H,12-13,16H2,1-3H3,(H,30,33). The lowest BCUT2D eigenvalue weighted by atomic mass is 9.90. The van der Waals surface area contributed by atoms with Crippen molar-refractivity contribution >= 4 is 40.3 Å². The molecule has 0 bridgehead atoms. The van der Waals surface area contributed by atoms with Crippen LogP contribution in [0.2, 0.25) is 5.02 Å². The number of ether oxygens (including phenoxy) is 1. The molecule has 2 aliphatic heterocycles. The Hall–Kier alpha value is -3.35. The molecular formula is C27H27ClN4O2. The van der Waals surface area contributed by atoms with Crippen molar-refractivity contribution < 1.29 is 9.53 Å². The molecule has 0 saturated heterocycles. The molecule has 174 valence electrons. The van der Waals surface area contributed by atoms with Crippen LogP contribution < -0.4 is 15.0 Å². The van der Waals surface area contributed by atoms with E-state index in [0.29, 0.717) is 17.3 Å². The number of carbonyl (C=O) groups excluding carboxylic acids is 1. The van der Waals surface area contributed by atoms with Crippen molar-refractivity contribution in [1.82, 2.24) is 4.90 Å². The molecule has 1 atom stereocenters. The number of carbonyl (C=O) groups is 1. The average molecular weight is 475 g/mol. The van der Waals surface area contributed by atoms with Crippen LogP contribution >= 0.6 is 11.6 Å². The summed E-state index contributed by atoms with van der Waals surface area (Å²) in [6.45, 7) is 2.31. The summed E-state index contributed by atoms with van der Waals surface area (Å²) in [6.07, 6.45) is 0. The Morgan fingerprint density at radius 1 is 1.15 bits per heavy atom. The van der Waals surface area contributed by atoms with Crippen LogP contribution in [0.3, 0.4) is 0 Å². The van der Waals surface area contributed by atoms with Crippen molar-refractivity contribution in [2.75, 3.05) is 44.5 Å². The SMILES string of the molecule is CN(C)Cc1ccc(N=C(c2ccc3c(c2)OCCN3C)C2C(=O)Nc3cc(Cl)ccc32)cc1. The fourth-order valence-corrected chi connectivity index (χ4v) is 4.67. The number of rotatable bonds is 5. The summed E-state index contributed by atoms with van der Waals surface area (Å²) in [5.74, 6) is 0.138. The Bertz CT molecular complexity index is 1270. The average Bonchev–Trinajstić information content (AvgIpc) is 3.12. The largest absolute Gasteiger partial charge is 0.490 e. The minimum Gasteiger partial charge on any atom is -0.490 e. The third kappa shape index (κ3) is 4.39. The number of nitrogens with one attached hydrogen (secondary N) is 1. The molecule has 1 N–H and O–H groups in total. The molecule has 0 spiro atoms. The van der Waals surface area contributed by atoms with E-state index in [1.165, 1.54) is 5.56 Å². The first kappa shape index (κ1) is 22.4. The van der Waals surface area contributed by atoms with Crippen LogP contribution in [0.15, 0.2) is 65.7 Å². The summed E-state index contributed by atoms with van der Waals surface area (Å²) < 4.78 is 5.94. The lowest BCUT2D eigenvalue weighted by molar-refractivity contribution is -0.115.